The minimum absolute atomic E-state index is 0.526. The highest BCUT2D eigenvalue weighted by molar-refractivity contribution is 5.24. The first kappa shape index (κ1) is 11.0. The maximum absolute atomic E-state index is 10.1. The van der Waals surface area contributed by atoms with E-state index in [1.165, 1.54) is 0 Å². The van der Waals surface area contributed by atoms with E-state index in [0.717, 1.165) is 22.6 Å². The summed E-state index contributed by atoms with van der Waals surface area (Å²) in [6, 6.07) is 1.89. The molecule has 1 N–H and O–H groups in total. The van der Waals surface area contributed by atoms with Crippen molar-refractivity contribution in [1.29, 1.82) is 0 Å². The van der Waals surface area contributed by atoms with Gasteiger partial charge in [0.1, 0.15) is 11.5 Å². The zero-order valence-electron chi connectivity index (χ0n) is 9.77. The van der Waals surface area contributed by atoms with E-state index in [9.17, 15) is 5.11 Å². The second kappa shape index (κ2) is 4.14. The molecule has 1 atom stereocenters. The van der Waals surface area contributed by atoms with Gasteiger partial charge in [-0.1, -0.05) is 0 Å². The van der Waals surface area contributed by atoms with Gasteiger partial charge in [0.15, 0.2) is 0 Å². The lowest BCUT2D eigenvalue weighted by Gasteiger charge is -2.07. The van der Waals surface area contributed by atoms with Gasteiger partial charge in [-0.3, -0.25) is 4.68 Å². The molecule has 0 saturated heterocycles. The molecule has 0 fully saturated rings. The fourth-order valence-electron chi connectivity index (χ4n) is 1.89. The largest absolute Gasteiger partial charge is 0.466 e. The molecular formula is C12H16N2O2. The first-order valence-corrected chi connectivity index (χ1v) is 5.29. The van der Waals surface area contributed by atoms with Gasteiger partial charge in [-0.25, -0.2) is 0 Å². The minimum Gasteiger partial charge on any atom is -0.466 e. The number of rotatable bonds is 3. The van der Waals surface area contributed by atoms with Crippen molar-refractivity contribution < 1.29 is 9.52 Å². The van der Waals surface area contributed by atoms with E-state index in [4.69, 9.17) is 4.42 Å². The highest BCUT2D eigenvalue weighted by Gasteiger charge is 2.15. The lowest BCUT2D eigenvalue weighted by Crippen LogP contribution is -2.01. The van der Waals surface area contributed by atoms with Gasteiger partial charge in [0.2, 0.25) is 0 Å². The summed E-state index contributed by atoms with van der Waals surface area (Å²) in [5, 5.41) is 14.2. The highest BCUT2D eigenvalue weighted by Crippen LogP contribution is 2.24. The molecule has 1 unspecified atom stereocenters. The molecule has 0 saturated carbocycles. The lowest BCUT2D eigenvalue weighted by molar-refractivity contribution is 0.176. The number of aryl methyl sites for hydroxylation is 3. The van der Waals surface area contributed by atoms with Gasteiger partial charge >= 0.3 is 0 Å². The molecule has 2 rings (SSSR count). The molecule has 2 heterocycles. The fraction of sp³-hybridized carbons (Fsp3) is 0.417. The molecule has 86 valence electrons. The van der Waals surface area contributed by atoms with Crippen molar-refractivity contribution in [2.24, 2.45) is 7.05 Å². The van der Waals surface area contributed by atoms with Crippen LogP contribution in [0.5, 0.6) is 0 Å². The van der Waals surface area contributed by atoms with Gasteiger partial charge in [0.05, 0.1) is 12.3 Å². The predicted octanol–water partition coefficient (Wildman–Crippen LogP) is 1.91. The number of furan rings is 1. The van der Waals surface area contributed by atoms with Crippen molar-refractivity contribution in [2.75, 3.05) is 0 Å². The van der Waals surface area contributed by atoms with E-state index in [1.54, 1.807) is 10.9 Å². The Morgan fingerprint density at radius 2 is 2.25 bits per heavy atom. The standard InChI is InChI=1S/C12H16N2O2/c1-8-4-11(9(2)16-8)12(15)5-10-6-13-14(3)7-10/h4,6-7,12,15H,5H2,1-3H3. The normalized spacial score (nSPS) is 13.0. The summed E-state index contributed by atoms with van der Waals surface area (Å²) < 4.78 is 7.13. The van der Waals surface area contributed by atoms with Crippen LogP contribution in [0, 0.1) is 13.8 Å². The average molecular weight is 220 g/mol. The maximum atomic E-state index is 10.1. The van der Waals surface area contributed by atoms with E-state index >= 15 is 0 Å². The summed E-state index contributed by atoms with van der Waals surface area (Å²) >= 11 is 0. The van der Waals surface area contributed by atoms with Crippen LogP contribution < -0.4 is 0 Å². The molecule has 0 amide bonds. The molecule has 0 radical (unpaired) electrons. The first-order chi connectivity index (χ1) is 7.56. The van der Waals surface area contributed by atoms with Gasteiger partial charge in [0.25, 0.3) is 0 Å². The Hall–Kier alpha value is -1.55. The molecule has 2 aromatic heterocycles. The second-order valence-electron chi connectivity index (χ2n) is 4.11. The predicted molar refractivity (Wildman–Crippen MR) is 60.1 cm³/mol. The molecule has 0 aliphatic rings. The van der Waals surface area contributed by atoms with Crippen LogP contribution in [0.25, 0.3) is 0 Å². The van der Waals surface area contributed by atoms with Crippen molar-refractivity contribution in [3.8, 4) is 0 Å². The summed E-state index contributed by atoms with van der Waals surface area (Å²) in [6.07, 6.45) is 3.71. The highest BCUT2D eigenvalue weighted by atomic mass is 16.3. The smallest absolute Gasteiger partial charge is 0.106 e. The molecule has 0 aromatic carbocycles. The van der Waals surface area contributed by atoms with Crippen LogP contribution in [-0.2, 0) is 13.5 Å². The third-order valence-corrected chi connectivity index (χ3v) is 2.63. The van der Waals surface area contributed by atoms with E-state index in [-0.39, 0.29) is 0 Å². The van der Waals surface area contributed by atoms with Crippen molar-refractivity contribution in [3.63, 3.8) is 0 Å². The molecular weight excluding hydrogens is 204 g/mol. The topological polar surface area (TPSA) is 51.2 Å². The summed E-state index contributed by atoms with van der Waals surface area (Å²) in [4.78, 5) is 0. The van der Waals surface area contributed by atoms with Crippen molar-refractivity contribution in [3.05, 3.63) is 41.1 Å². The van der Waals surface area contributed by atoms with E-state index in [2.05, 4.69) is 5.10 Å². The Kier molecular flexibility index (Phi) is 2.83. The molecule has 4 nitrogen and oxygen atoms in total. The van der Waals surface area contributed by atoms with Gasteiger partial charge in [-0.15, -0.1) is 0 Å². The van der Waals surface area contributed by atoms with Crippen LogP contribution in [0.1, 0.15) is 28.8 Å². The second-order valence-corrected chi connectivity index (χ2v) is 4.11. The van der Waals surface area contributed by atoms with E-state index in [1.807, 2.05) is 33.2 Å². The molecule has 0 aliphatic heterocycles. The molecule has 0 bridgehead atoms. The van der Waals surface area contributed by atoms with Crippen LogP contribution >= 0.6 is 0 Å². The molecule has 0 aliphatic carbocycles. The van der Waals surface area contributed by atoms with E-state index < -0.39 is 6.10 Å². The number of hydrogen-bond acceptors (Lipinski definition) is 3. The molecule has 16 heavy (non-hydrogen) atoms. The SMILES string of the molecule is Cc1cc(C(O)Cc2cnn(C)c2)c(C)o1. The summed E-state index contributed by atoms with van der Waals surface area (Å²) in [7, 11) is 1.86. The Labute approximate surface area is 94.5 Å². The Morgan fingerprint density at radius 3 is 2.75 bits per heavy atom. The molecule has 0 spiro atoms. The molecule has 2 aromatic rings. The first-order valence-electron chi connectivity index (χ1n) is 5.29. The zero-order chi connectivity index (χ0) is 11.7. The fourth-order valence-corrected chi connectivity index (χ4v) is 1.89. The van der Waals surface area contributed by atoms with E-state index in [0.29, 0.717) is 6.42 Å². The van der Waals surface area contributed by atoms with Crippen molar-refractivity contribution in [2.45, 2.75) is 26.4 Å². The van der Waals surface area contributed by atoms with Crippen molar-refractivity contribution >= 4 is 0 Å². The van der Waals surface area contributed by atoms with Gasteiger partial charge < -0.3 is 9.52 Å². The van der Waals surface area contributed by atoms with Gasteiger partial charge in [0, 0.05) is 25.2 Å². The van der Waals surface area contributed by atoms with Crippen molar-refractivity contribution in [1.82, 2.24) is 9.78 Å². The van der Waals surface area contributed by atoms with Crippen LogP contribution in [-0.4, -0.2) is 14.9 Å². The number of nitrogens with zero attached hydrogens (tertiary/aromatic N) is 2. The maximum Gasteiger partial charge on any atom is 0.106 e. The van der Waals surface area contributed by atoms with Crippen LogP contribution in [0.2, 0.25) is 0 Å². The van der Waals surface area contributed by atoms with Gasteiger partial charge in [-0.2, -0.15) is 5.10 Å². The van der Waals surface area contributed by atoms with Gasteiger partial charge in [-0.05, 0) is 25.5 Å². The minimum atomic E-state index is -0.526. The zero-order valence-corrected chi connectivity index (χ0v) is 9.77. The summed E-state index contributed by atoms with van der Waals surface area (Å²) in [6.45, 7) is 3.75. The third kappa shape index (κ3) is 2.17. The lowest BCUT2D eigenvalue weighted by atomic mass is 10.0. The Bertz CT molecular complexity index is 485. The summed E-state index contributed by atoms with van der Waals surface area (Å²) in [5.41, 5.74) is 1.88. The number of aliphatic hydroxyl groups is 1. The average Bonchev–Trinajstić information content (AvgIpc) is 2.73. The number of aromatic nitrogens is 2. The molecule has 4 heteroatoms. The number of aliphatic hydroxyl groups excluding tert-OH is 1. The van der Waals surface area contributed by atoms with Crippen LogP contribution in [0.15, 0.2) is 22.9 Å². The quantitative estimate of drug-likeness (QED) is 0.859. The third-order valence-electron chi connectivity index (χ3n) is 2.63. The van der Waals surface area contributed by atoms with Crippen LogP contribution in [0.4, 0.5) is 0 Å². The Morgan fingerprint density at radius 1 is 1.50 bits per heavy atom. The number of hydrogen-bond donors (Lipinski definition) is 1. The Balaban J connectivity index is 2.14. The summed E-state index contributed by atoms with van der Waals surface area (Å²) in [5.74, 6) is 1.62. The monoisotopic (exact) mass is 220 g/mol. The van der Waals surface area contributed by atoms with Crippen LogP contribution in [0.3, 0.4) is 0 Å².